The number of carbonyl (C=O) groups is 1. The maximum atomic E-state index is 11.4. The molecule has 2 aromatic rings. The number of aromatic nitrogens is 2. The van der Waals surface area contributed by atoms with Crippen LogP contribution in [0.3, 0.4) is 0 Å². The van der Waals surface area contributed by atoms with Crippen molar-refractivity contribution in [1.29, 1.82) is 0 Å². The second kappa shape index (κ2) is 7.44. The van der Waals surface area contributed by atoms with Gasteiger partial charge in [0.15, 0.2) is 0 Å². The number of likely N-dealkylation sites (N-methyl/N-ethyl adjacent to an activating group) is 2. The predicted molar refractivity (Wildman–Crippen MR) is 90.8 cm³/mol. The normalized spacial score (nSPS) is 10.2. The van der Waals surface area contributed by atoms with Gasteiger partial charge in [0.25, 0.3) is 0 Å². The Kier molecular flexibility index (Phi) is 5.35. The quantitative estimate of drug-likeness (QED) is 0.807. The lowest BCUT2D eigenvalue weighted by Crippen LogP contribution is -2.30. The molecule has 7 heteroatoms. The van der Waals surface area contributed by atoms with Crippen molar-refractivity contribution in [3.05, 3.63) is 42.4 Å². The minimum atomic E-state index is -0.435. The molecule has 2 aromatic heterocycles. The highest BCUT2D eigenvalue weighted by atomic mass is 16.5. The number of methoxy groups -OCH3 is 1. The van der Waals surface area contributed by atoms with E-state index in [-0.39, 0.29) is 0 Å². The van der Waals surface area contributed by atoms with Gasteiger partial charge in [-0.25, -0.2) is 14.8 Å². The van der Waals surface area contributed by atoms with Crippen LogP contribution >= 0.6 is 0 Å². The van der Waals surface area contributed by atoms with Gasteiger partial charge in [0.05, 0.1) is 30.9 Å². The number of nitrogens with zero attached hydrogens (tertiary/aromatic N) is 4. The summed E-state index contributed by atoms with van der Waals surface area (Å²) < 4.78 is 4.64. The Hall–Kier alpha value is -2.83. The van der Waals surface area contributed by atoms with E-state index in [0.717, 1.165) is 24.5 Å². The van der Waals surface area contributed by atoms with Crippen LogP contribution in [0.2, 0.25) is 0 Å². The van der Waals surface area contributed by atoms with E-state index in [0.29, 0.717) is 11.5 Å². The number of nitrogens with two attached hydrogens (primary N) is 1. The van der Waals surface area contributed by atoms with E-state index >= 15 is 0 Å². The van der Waals surface area contributed by atoms with Crippen LogP contribution in [0.5, 0.6) is 0 Å². The fourth-order valence-electron chi connectivity index (χ4n) is 2.02. The Morgan fingerprint density at radius 3 is 2.04 bits per heavy atom. The van der Waals surface area contributed by atoms with Crippen LogP contribution in [0.15, 0.2) is 36.7 Å². The highest BCUT2D eigenvalue weighted by molar-refractivity contribution is 5.87. The van der Waals surface area contributed by atoms with Crippen LogP contribution in [-0.4, -0.2) is 50.2 Å². The number of rotatable bonds is 6. The number of carbonyl (C=O) groups excluding carboxylic acids is 1. The fourth-order valence-corrected chi connectivity index (χ4v) is 2.02. The lowest BCUT2D eigenvalue weighted by atomic mass is 10.3. The van der Waals surface area contributed by atoms with Crippen LogP contribution in [0, 0.1) is 0 Å². The number of hydrogen-bond acceptors (Lipinski definition) is 7. The zero-order chi connectivity index (χ0) is 16.8. The number of esters is 1. The van der Waals surface area contributed by atoms with Gasteiger partial charge in [-0.3, -0.25) is 0 Å². The number of ether oxygens (including phenoxy) is 1. The first kappa shape index (κ1) is 16.5. The van der Waals surface area contributed by atoms with Crippen molar-refractivity contribution in [3.8, 4) is 0 Å². The molecule has 0 radical (unpaired) electrons. The largest absolute Gasteiger partial charge is 0.464 e. The highest BCUT2D eigenvalue weighted by Crippen LogP contribution is 2.14. The van der Waals surface area contributed by atoms with E-state index < -0.39 is 5.97 Å². The summed E-state index contributed by atoms with van der Waals surface area (Å²) in [7, 11) is 5.31. The second-order valence-corrected chi connectivity index (χ2v) is 5.18. The summed E-state index contributed by atoms with van der Waals surface area (Å²) in [5.74, 6) is 0.0748. The zero-order valence-corrected chi connectivity index (χ0v) is 13.6. The van der Waals surface area contributed by atoms with Crippen molar-refractivity contribution in [3.63, 3.8) is 0 Å². The van der Waals surface area contributed by atoms with Gasteiger partial charge in [0.1, 0.15) is 11.5 Å². The monoisotopic (exact) mass is 315 g/mol. The molecule has 0 aliphatic rings. The SMILES string of the molecule is COC(=O)c1ccc(N(C)CCN(C)c2ccc(N)nc2)cn1. The molecule has 0 saturated heterocycles. The fraction of sp³-hybridized carbons (Fsp3) is 0.312. The number of nitrogen functional groups attached to an aromatic ring is 1. The number of pyridine rings is 2. The molecule has 0 aliphatic carbocycles. The maximum Gasteiger partial charge on any atom is 0.356 e. The number of anilines is 3. The molecule has 122 valence electrons. The van der Waals surface area contributed by atoms with E-state index in [1.54, 1.807) is 24.5 Å². The number of hydrogen-bond donors (Lipinski definition) is 1. The molecule has 7 nitrogen and oxygen atoms in total. The van der Waals surface area contributed by atoms with Gasteiger partial charge < -0.3 is 20.3 Å². The molecule has 0 spiro atoms. The van der Waals surface area contributed by atoms with Gasteiger partial charge in [0.2, 0.25) is 0 Å². The highest BCUT2D eigenvalue weighted by Gasteiger charge is 2.09. The Balaban J connectivity index is 1.92. The van der Waals surface area contributed by atoms with Gasteiger partial charge >= 0.3 is 5.97 Å². The zero-order valence-electron chi connectivity index (χ0n) is 13.6. The third-order valence-electron chi connectivity index (χ3n) is 3.57. The first-order valence-corrected chi connectivity index (χ1v) is 7.19. The lowest BCUT2D eigenvalue weighted by Gasteiger charge is -2.24. The van der Waals surface area contributed by atoms with E-state index in [1.165, 1.54) is 7.11 Å². The van der Waals surface area contributed by atoms with E-state index in [1.807, 2.05) is 26.2 Å². The minimum Gasteiger partial charge on any atom is -0.464 e. The average Bonchev–Trinajstić information content (AvgIpc) is 2.59. The summed E-state index contributed by atoms with van der Waals surface area (Å²) in [6.45, 7) is 1.60. The maximum absolute atomic E-state index is 11.4. The summed E-state index contributed by atoms with van der Waals surface area (Å²) in [5.41, 5.74) is 7.83. The standard InChI is InChI=1S/C16H21N5O2/c1-20(12-4-6-14(18-10-12)16(22)23-3)8-9-21(2)13-5-7-15(17)19-11-13/h4-7,10-11H,8-9H2,1-3H3,(H2,17,19). The van der Waals surface area contributed by atoms with Crippen LogP contribution in [0.4, 0.5) is 17.2 Å². The Bertz CT molecular complexity index is 643. The Morgan fingerprint density at radius 1 is 1.04 bits per heavy atom. The molecule has 2 heterocycles. The smallest absolute Gasteiger partial charge is 0.356 e. The van der Waals surface area contributed by atoms with Gasteiger partial charge in [-0.05, 0) is 24.3 Å². The van der Waals surface area contributed by atoms with E-state index in [2.05, 4.69) is 24.5 Å². The Labute approximate surface area is 135 Å². The first-order valence-electron chi connectivity index (χ1n) is 7.19. The van der Waals surface area contributed by atoms with Crippen molar-refractivity contribution in [2.24, 2.45) is 0 Å². The molecule has 0 aromatic carbocycles. The molecule has 0 aliphatic heterocycles. The Morgan fingerprint density at radius 2 is 1.61 bits per heavy atom. The third kappa shape index (κ3) is 4.32. The average molecular weight is 315 g/mol. The summed E-state index contributed by atoms with van der Waals surface area (Å²) in [4.78, 5) is 23.7. The van der Waals surface area contributed by atoms with Crippen LogP contribution in [0.25, 0.3) is 0 Å². The van der Waals surface area contributed by atoms with Gasteiger partial charge in [0, 0.05) is 27.2 Å². The molecule has 23 heavy (non-hydrogen) atoms. The molecule has 2 rings (SSSR count). The topological polar surface area (TPSA) is 84.6 Å². The summed E-state index contributed by atoms with van der Waals surface area (Å²) in [5, 5.41) is 0. The van der Waals surface area contributed by atoms with Crippen LogP contribution in [-0.2, 0) is 4.74 Å². The van der Waals surface area contributed by atoms with Gasteiger partial charge in [-0.1, -0.05) is 0 Å². The van der Waals surface area contributed by atoms with E-state index in [4.69, 9.17) is 5.73 Å². The molecule has 0 atom stereocenters. The first-order chi connectivity index (χ1) is 11.0. The molecular formula is C16H21N5O2. The van der Waals surface area contributed by atoms with Crippen LogP contribution < -0.4 is 15.5 Å². The molecule has 0 unspecified atom stereocenters. The minimum absolute atomic E-state index is 0.301. The summed E-state index contributed by atoms with van der Waals surface area (Å²) in [6.07, 6.45) is 3.42. The lowest BCUT2D eigenvalue weighted by molar-refractivity contribution is 0.0594. The van der Waals surface area contributed by atoms with E-state index in [9.17, 15) is 4.79 Å². The molecular weight excluding hydrogens is 294 g/mol. The van der Waals surface area contributed by atoms with Gasteiger partial charge in [-0.2, -0.15) is 0 Å². The van der Waals surface area contributed by atoms with Gasteiger partial charge in [-0.15, -0.1) is 0 Å². The van der Waals surface area contributed by atoms with Crippen molar-refractivity contribution in [2.75, 3.05) is 49.8 Å². The second-order valence-electron chi connectivity index (χ2n) is 5.18. The van der Waals surface area contributed by atoms with Crippen molar-refractivity contribution < 1.29 is 9.53 Å². The molecule has 0 amide bonds. The van der Waals surface area contributed by atoms with Crippen molar-refractivity contribution in [1.82, 2.24) is 9.97 Å². The summed E-state index contributed by atoms with van der Waals surface area (Å²) >= 11 is 0. The molecule has 0 bridgehead atoms. The van der Waals surface area contributed by atoms with Crippen molar-refractivity contribution >= 4 is 23.2 Å². The van der Waals surface area contributed by atoms with Crippen molar-refractivity contribution in [2.45, 2.75) is 0 Å². The molecule has 2 N–H and O–H groups in total. The van der Waals surface area contributed by atoms with Crippen LogP contribution in [0.1, 0.15) is 10.5 Å². The summed E-state index contributed by atoms with van der Waals surface area (Å²) in [6, 6.07) is 7.23. The molecule has 0 fully saturated rings. The third-order valence-corrected chi connectivity index (χ3v) is 3.57. The predicted octanol–water partition coefficient (Wildman–Crippen LogP) is 1.42. The molecule has 0 saturated carbocycles.